The Morgan fingerprint density at radius 2 is 2.25 bits per heavy atom. The van der Waals surface area contributed by atoms with Gasteiger partial charge in [-0.25, -0.2) is 4.68 Å². The third-order valence-electron chi connectivity index (χ3n) is 4.85. The quantitative estimate of drug-likeness (QED) is 0.687. The molecule has 5 nitrogen and oxygen atoms in total. The molecule has 0 radical (unpaired) electrons. The summed E-state index contributed by atoms with van der Waals surface area (Å²) >= 11 is 0. The summed E-state index contributed by atoms with van der Waals surface area (Å²) < 4.78 is 1.95. The van der Waals surface area contributed by atoms with Crippen LogP contribution in [0.15, 0.2) is 66.8 Å². The normalized spacial score (nSPS) is 17.0. The Bertz CT molecular complexity index is 890. The molecule has 2 N–H and O–H groups in total. The van der Waals surface area contributed by atoms with Crippen LogP contribution in [0.5, 0.6) is 0 Å². The molecule has 1 aliphatic heterocycles. The van der Waals surface area contributed by atoms with Crippen molar-refractivity contribution in [2.75, 3.05) is 25.0 Å². The van der Waals surface area contributed by atoms with Crippen LogP contribution in [0.25, 0.3) is 5.69 Å². The Hall–Kier alpha value is -3.10. The maximum absolute atomic E-state index is 9.03. The van der Waals surface area contributed by atoms with Gasteiger partial charge < -0.3 is 10.6 Å². The van der Waals surface area contributed by atoms with Crippen molar-refractivity contribution in [2.24, 2.45) is 5.92 Å². The lowest BCUT2D eigenvalue weighted by atomic mass is 10.1. The van der Waals surface area contributed by atoms with E-state index < -0.39 is 0 Å². The van der Waals surface area contributed by atoms with Gasteiger partial charge in [-0.2, -0.15) is 10.4 Å². The van der Waals surface area contributed by atoms with E-state index in [1.807, 2.05) is 35.0 Å². The molecule has 2 aromatic rings. The zero-order chi connectivity index (χ0) is 19.8. The van der Waals surface area contributed by atoms with Crippen LogP contribution in [-0.2, 0) is 6.42 Å². The van der Waals surface area contributed by atoms with Gasteiger partial charge in [0, 0.05) is 19.0 Å². The largest absolute Gasteiger partial charge is 0.368 e. The van der Waals surface area contributed by atoms with Crippen LogP contribution in [0.4, 0.5) is 5.82 Å². The number of rotatable bonds is 8. The molecule has 2 heterocycles. The molecular formula is C23H27N5. The fourth-order valence-electron chi connectivity index (χ4n) is 3.30. The highest BCUT2D eigenvalue weighted by molar-refractivity contribution is 5.45. The summed E-state index contributed by atoms with van der Waals surface area (Å²) in [5, 5.41) is 20.7. The molecule has 0 bridgehead atoms. The van der Waals surface area contributed by atoms with Crippen LogP contribution >= 0.6 is 0 Å². The smallest absolute Gasteiger partial charge is 0.148 e. The topological polar surface area (TPSA) is 65.7 Å². The highest BCUT2D eigenvalue weighted by atomic mass is 15.3. The molecule has 1 aromatic carbocycles. The average Bonchev–Trinajstić information content (AvgIpc) is 3.36. The second-order valence-corrected chi connectivity index (χ2v) is 7.08. The van der Waals surface area contributed by atoms with Gasteiger partial charge in [-0.1, -0.05) is 36.5 Å². The molecule has 0 amide bonds. The van der Waals surface area contributed by atoms with Crippen LogP contribution in [0, 0.1) is 17.2 Å². The number of aromatic nitrogens is 2. The number of nitrogens with one attached hydrogen (secondary N) is 2. The van der Waals surface area contributed by atoms with Crippen molar-refractivity contribution >= 4 is 5.82 Å². The summed E-state index contributed by atoms with van der Waals surface area (Å²) in [6.07, 6.45) is 9.97. The first-order valence-corrected chi connectivity index (χ1v) is 9.69. The van der Waals surface area contributed by atoms with E-state index in [4.69, 9.17) is 10.4 Å². The van der Waals surface area contributed by atoms with E-state index in [1.165, 1.54) is 6.42 Å². The highest BCUT2D eigenvalue weighted by Crippen LogP contribution is 2.19. The summed E-state index contributed by atoms with van der Waals surface area (Å²) in [5.41, 5.74) is 3.86. The van der Waals surface area contributed by atoms with Crippen LogP contribution < -0.4 is 10.6 Å². The van der Waals surface area contributed by atoms with Crippen molar-refractivity contribution in [2.45, 2.75) is 19.8 Å². The van der Waals surface area contributed by atoms with E-state index >= 15 is 0 Å². The van der Waals surface area contributed by atoms with Gasteiger partial charge in [-0.15, -0.1) is 0 Å². The first-order chi connectivity index (χ1) is 13.7. The number of hydrogen-bond donors (Lipinski definition) is 2. The Morgan fingerprint density at radius 1 is 1.43 bits per heavy atom. The predicted octanol–water partition coefficient (Wildman–Crippen LogP) is 4.00. The van der Waals surface area contributed by atoms with Crippen molar-refractivity contribution in [3.8, 4) is 11.8 Å². The van der Waals surface area contributed by atoms with E-state index in [-0.39, 0.29) is 0 Å². The van der Waals surface area contributed by atoms with Crippen LogP contribution in [-0.4, -0.2) is 29.4 Å². The third-order valence-corrected chi connectivity index (χ3v) is 4.85. The Labute approximate surface area is 167 Å². The fraction of sp³-hybridized carbons (Fsp3) is 0.304. The van der Waals surface area contributed by atoms with Crippen LogP contribution in [0.1, 0.15) is 24.6 Å². The predicted molar refractivity (Wildman–Crippen MR) is 115 cm³/mol. The molecule has 144 valence electrons. The molecule has 1 atom stereocenters. The number of nitriles is 1. The lowest BCUT2D eigenvalue weighted by molar-refractivity contribution is 0.613. The van der Waals surface area contributed by atoms with Crippen LogP contribution in [0.3, 0.4) is 0 Å². The molecule has 1 unspecified atom stereocenters. The van der Waals surface area contributed by atoms with E-state index in [9.17, 15) is 0 Å². The van der Waals surface area contributed by atoms with Gasteiger partial charge >= 0.3 is 0 Å². The Balaban J connectivity index is 1.80. The molecule has 0 aliphatic carbocycles. The second kappa shape index (κ2) is 9.72. The van der Waals surface area contributed by atoms with Gasteiger partial charge in [0.1, 0.15) is 5.82 Å². The summed E-state index contributed by atoms with van der Waals surface area (Å²) in [6, 6.07) is 11.8. The minimum atomic E-state index is 0.648. The minimum absolute atomic E-state index is 0.648. The van der Waals surface area contributed by atoms with Gasteiger partial charge in [0.15, 0.2) is 0 Å². The molecule has 28 heavy (non-hydrogen) atoms. The van der Waals surface area contributed by atoms with Gasteiger partial charge in [0.05, 0.1) is 23.0 Å². The van der Waals surface area contributed by atoms with Gasteiger partial charge in [0.25, 0.3) is 0 Å². The minimum Gasteiger partial charge on any atom is -0.368 e. The molecule has 1 aliphatic rings. The number of hydrogen-bond acceptors (Lipinski definition) is 4. The van der Waals surface area contributed by atoms with Crippen molar-refractivity contribution in [1.29, 1.82) is 5.26 Å². The number of anilines is 1. The lowest BCUT2D eigenvalue weighted by Gasteiger charge is -2.08. The second-order valence-electron chi connectivity index (χ2n) is 7.08. The molecule has 1 aromatic heterocycles. The molecule has 1 fully saturated rings. The zero-order valence-electron chi connectivity index (χ0n) is 16.4. The molecule has 1 saturated heterocycles. The van der Waals surface area contributed by atoms with Gasteiger partial charge in [0.2, 0.25) is 0 Å². The van der Waals surface area contributed by atoms with Crippen molar-refractivity contribution < 1.29 is 0 Å². The summed E-state index contributed by atoms with van der Waals surface area (Å²) in [5.74, 6) is 1.54. The lowest BCUT2D eigenvalue weighted by Crippen LogP contribution is -2.17. The van der Waals surface area contributed by atoms with Crippen molar-refractivity contribution in [3.63, 3.8) is 0 Å². The standard InChI is InChI=1S/C23H27N5/c1-3-5-18(2)6-4-7-22-14-23(26-17-20-12-13-25-16-20)27-28(22)21-10-8-19(15-24)9-11-21/h3-6,8-11,14,20,25H,1,7,12-13,16-17H2,2H3,(H,26,27)/b6-4-,18-5-. The molecule has 3 rings (SSSR count). The van der Waals surface area contributed by atoms with Gasteiger partial charge in [-0.3, -0.25) is 0 Å². The summed E-state index contributed by atoms with van der Waals surface area (Å²) in [4.78, 5) is 0. The first kappa shape index (κ1) is 19.7. The SMILES string of the molecule is C=C/C=C(C)\C=C/Cc1cc(NCC2CCNC2)nn1-c1ccc(C#N)cc1. The number of allylic oxidation sites excluding steroid dienone is 5. The first-order valence-electron chi connectivity index (χ1n) is 9.69. The van der Waals surface area contributed by atoms with Crippen molar-refractivity contribution in [1.82, 2.24) is 15.1 Å². The maximum atomic E-state index is 9.03. The number of nitrogens with zero attached hydrogens (tertiary/aromatic N) is 3. The van der Waals surface area contributed by atoms with Gasteiger partial charge in [-0.05, 0) is 56.6 Å². The van der Waals surface area contributed by atoms with Crippen molar-refractivity contribution in [3.05, 3.63) is 78.0 Å². The maximum Gasteiger partial charge on any atom is 0.148 e. The third kappa shape index (κ3) is 5.21. The fourth-order valence-corrected chi connectivity index (χ4v) is 3.30. The summed E-state index contributed by atoms with van der Waals surface area (Å²) in [6.45, 7) is 8.87. The monoisotopic (exact) mass is 373 g/mol. The van der Waals surface area contributed by atoms with E-state index in [0.717, 1.165) is 48.8 Å². The Morgan fingerprint density at radius 3 is 2.93 bits per heavy atom. The molecule has 0 spiro atoms. The summed E-state index contributed by atoms with van der Waals surface area (Å²) in [7, 11) is 0. The van der Waals surface area contributed by atoms with E-state index in [0.29, 0.717) is 11.5 Å². The zero-order valence-corrected chi connectivity index (χ0v) is 16.4. The highest BCUT2D eigenvalue weighted by Gasteiger charge is 2.15. The van der Waals surface area contributed by atoms with E-state index in [1.54, 1.807) is 6.08 Å². The molecule has 0 saturated carbocycles. The van der Waals surface area contributed by atoms with Crippen LogP contribution in [0.2, 0.25) is 0 Å². The molecule has 5 heteroatoms. The van der Waals surface area contributed by atoms with E-state index in [2.05, 4.69) is 48.4 Å². The molecular weight excluding hydrogens is 346 g/mol. The number of benzene rings is 1. The average molecular weight is 374 g/mol. The Kier molecular flexibility index (Phi) is 6.83.